The minimum Gasteiger partial charge on any atom is -0.344 e. The lowest BCUT2D eigenvalue weighted by atomic mass is 9.82. The largest absolute Gasteiger partial charge is 0.344 e. The first-order valence-electron chi connectivity index (χ1n) is 12.5. The lowest BCUT2D eigenvalue weighted by Crippen LogP contribution is -2.59. The average Bonchev–Trinajstić information content (AvgIpc) is 2.82. The molecule has 3 amide bonds. The molecule has 1 N–H and O–H groups in total. The third-order valence-corrected chi connectivity index (χ3v) is 6.99. The highest BCUT2D eigenvalue weighted by Crippen LogP contribution is 2.31. The number of hydrogen-bond donors (Lipinski definition) is 1. The summed E-state index contributed by atoms with van der Waals surface area (Å²) in [5, 5.41) is 2.93. The van der Waals surface area contributed by atoms with Crippen molar-refractivity contribution in [2.75, 3.05) is 0 Å². The molecule has 180 valence electrons. The van der Waals surface area contributed by atoms with Gasteiger partial charge in [-0.3, -0.25) is 14.4 Å². The van der Waals surface area contributed by atoms with Crippen molar-refractivity contribution < 1.29 is 14.4 Å². The first-order chi connectivity index (χ1) is 15.9. The van der Waals surface area contributed by atoms with Gasteiger partial charge in [-0.1, -0.05) is 76.3 Å². The molecule has 3 atom stereocenters. The maximum atomic E-state index is 13.8. The van der Waals surface area contributed by atoms with Crippen LogP contribution >= 0.6 is 0 Å². The third kappa shape index (κ3) is 6.46. The van der Waals surface area contributed by atoms with E-state index < -0.39 is 12.1 Å². The number of nitrogens with zero attached hydrogens (tertiary/aromatic N) is 2. The topological polar surface area (TPSA) is 69.7 Å². The van der Waals surface area contributed by atoms with Crippen LogP contribution in [0.5, 0.6) is 0 Å². The fourth-order valence-electron chi connectivity index (χ4n) is 5.16. The Morgan fingerprint density at radius 1 is 1.09 bits per heavy atom. The maximum Gasteiger partial charge on any atom is 0.250 e. The van der Waals surface area contributed by atoms with Gasteiger partial charge in [0.1, 0.15) is 12.1 Å². The van der Waals surface area contributed by atoms with Gasteiger partial charge in [-0.2, -0.15) is 0 Å². The molecule has 1 heterocycles. The smallest absolute Gasteiger partial charge is 0.250 e. The summed E-state index contributed by atoms with van der Waals surface area (Å²) in [6, 6.07) is 8.76. The Hall–Kier alpha value is -2.63. The Morgan fingerprint density at radius 2 is 1.79 bits per heavy atom. The van der Waals surface area contributed by atoms with E-state index in [4.69, 9.17) is 0 Å². The van der Waals surface area contributed by atoms with Gasteiger partial charge in [0.15, 0.2) is 0 Å². The van der Waals surface area contributed by atoms with Crippen molar-refractivity contribution in [3.05, 3.63) is 48.3 Å². The van der Waals surface area contributed by atoms with Gasteiger partial charge < -0.3 is 15.1 Å². The lowest BCUT2D eigenvalue weighted by Gasteiger charge is -2.41. The van der Waals surface area contributed by atoms with Crippen LogP contribution in [0.15, 0.2) is 42.7 Å². The predicted molar refractivity (Wildman–Crippen MR) is 130 cm³/mol. The number of amides is 3. The van der Waals surface area contributed by atoms with Gasteiger partial charge in [0, 0.05) is 19.3 Å². The number of carbonyl (C=O) groups is 3. The Bertz CT molecular complexity index is 832. The summed E-state index contributed by atoms with van der Waals surface area (Å²) in [5.74, 6) is -0.271. The zero-order valence-electron chi connectivity index (χ0n) is 20.3. The molecule has 0 bridgehead atoms. The van der Waals surface area contributed by atoms with Crippen molar-refractivity contribution in [3.63, 3.8) is 0 Å². The maximum absolute atomic E-state index is 13.8. The van der Waals surface area contributed by atoms with Crippen molar-refractivity contribution in [3.8, 4) is 0 Å². The number of rotatable bonds is 9. The summed E-state index contributed by atoms with van der Waals surface area (Å²) in [7, 11) is 0. The third-order valence-electron chi connectivity index (χ3n) is 6.99. The molecular formula is C27H39N3O3. The second-order valence-corrected chi connectivity index (χ2v) is 9.64. The molecule has 1 aliphatic heterocycles. The van der Waals surface area contributed by atoms with Gasteiger partial charge in [0.05, 0.1) is 6.54 Å². The number of carbonyl (C=O) groups excluding carboxylic acids is 3. The molecule has 33 heavy (non-hydrogen) atoms. The Kier molecular flexibility index (Phi) is 9.10. The van der Waals surface area contributed by atoms with E-state index in [1.807, 2.05) is 30.3 Å². The molecular weight excluding hydrogens is 414 g/mol. The predicted octanol–water partition coefficient (Wildman–Crippen LogP) is 4.61. The first kappa shape index (κ1) is 25.0. The molecule has 0 radical (unpaired) electrons. The SMILES string of the molecule is CCCC[C@H](C)[C@@H]1C(=O)N(Cc2ccccc2)C=CN1C(=O)[C@@H](NC(C)=O)C1CCCCC1. The quantitative estimate of drug-likeness (QED) is 0.594. The van der Waals surface area contributed by atoms with Gasteiger partial charge in [-0.25, -0.2) is 0 Å². The molecule has 0 spiro atoms. The van der Waals surface area contributed by atoms with Gasteiger partial charge in [-0.05, 0) is 36.7 Å². The van der Waals surface area contributed by atoms with E-state index in [1.165, 1.54) is 13.3 Å². The van der Waals surface area contributed by atoms with E-state index in [1.54, 1.807) is 22.2 Å². The summed E-state index contributed by atoms with van der Waals surface area (Å²) in [6.45, 7) is 6.14. The number of hydrogen-bond acceptors (Lipinski definition) is 3. The lowest BCUT2D eigenvalue weighted by molar-refractivity contribution is -0.148. The van der Waals surface area contributed by atoms with Gasteiger partial charge >= 0.3 is 0 Å². The van der Waals surface area contributed by atoms with Crippen LogP contribution in [0.4, 0.5) is 0 Å². The van der Waals surface area contributed by atoms with E-state index in [2.05, 4.69) is 19.2 Å². The molecule has 1 aromatic carbocycles. The van der Waals surface area contributed by atoms with E-state index in [9.17, 15) is 14.4 Å². The summed E-state index contributed by atoms with van der Waals surface area (Å²) >= 11 is 0. The second-order valence-electron chi connectivity index (χ2n) is 9.64. The van der Waals surface area contributed by atoms with Crippen molar-refractivity contribution in [2.24, 2.45) is 11.8 Å². The summed E-state index contributed by atoms with van der Waals surface area (Å²) in [5.41, 5.74) is 1.05. The van der Waals surface area contributed by atoms with Crippen LogP contribution in [0.2, 0.25) is 0 Å². The number of nitrogens with one attached hydrogen (secondary N) is 1. The zero-order valence-corrected chi connectivity index (χ0v) is 20.3. The molecule has 3 rings (SSSR count). The Balaban J connectivity index is 1.88. The average molecular weight is 454 g/mol. The molecule has 1 aliphatic carbocycles. The Labute approximate surface area is 198 Å². The highest BCUT2D eigenvalue weighted by Gasteiger charge is 2.42. The van der Waals surface area contributed by atoms with E-state index in [0.29, 0.717) is 6.54 Å². The van der Waals surface area contributed by atoms with Gasteiger partial charge in [0.25, 0.3) is 0 Å². The normalized spacial score (nSPS) is 21.1. The van der Waals surface area contributed by atoms with E-state index in [-0.39, 0.29) is 29.6 Å². The molecule has 1 saturated carbocycles. The second kappa shape index (κ2) is 12.0. The fraction of sp³-hybridized carbons (Fsp3) is 0.593. The van der Waals surface area contributed by atoms with Crippen LogP contribution in [0.3, 0.4) is 0 Å². The van der Waals surface area contributed by atoms with Crippen molar-refractivity contribution in [1.29, 1.82) is 0 Å². The minimum absolute atomic E-state index is 0.0222. The first-order valence-corrected chi connectivity index (χ1v) is 12.5. The van der Waals surface area contributed by atoms with Crippen LogP contribution in [-0.2, 0) is 20.9 Å². The van der Waals surface area contributed by atoms with Gasteiger partial charge in [-0.15, -0.1) is 0 Å². The van der Waals surface area contributed by atoms with Crippen molar-refractivity contribution >= 4 is 17.7 Å². The monoisotopic (exact) mass is 453 g/mol. The minimum atomic E-state index is -0.582. The number of benzene rings is 1. The standard InChI is InChI=1S/C27H39N3O3/c1-4-5-12-20(2)25-27(33)29(19-22-13-8-6-9-14-22)17-18-30(25)26(32)24(28-21(3)31)23-15-10-7-11-16-23/h6,8-9,13-14,17-18,20,23-25H,4-5,7,10-12,15-16,19H2,1-3H3,(H,28,31)/t20-,24-,25+/m0/s1. The summed E-state index contributed by atoms with van der Waals surface area (Å²) in [4.78, 5) is 42.8. The van der Waals surface area contributed by atoms with E-state index in [0.717, 1.165) is 50.5 Å². The highest BCUT2D eigenvalue weighted by atomic mass is 16.2. The van der Waals surface area contributed by atoms with Crippen LogP contribution in [0.1, 0.15) is 77.7 Å². The van der Waals surface area contributed by atoms with Crippen LogP contribution in [0, 0.1) is 11.8 Å². The molecule has 6 heteroatoms. The van der Waals surface area contributed by atoms with Crippen molar-refractivity contribution in [2.45, 2.75) is 90.8 Å². The molecule has 0 saturated heterocycles. The molecule has 0 aromatic heterocycles. The van der Waals surface area contributed by atoms with Gasteiger partial charge in [0.2, 0.25) is 17.7 Å². The summed E-state index contributed by atoms with van der Waals surface area (Å²) < 4.78 is 0. The Morgan fingerprint density at radius 3 is 2.42 bits per heavy atom. The number of unbranched alkanes of at least 4 members (excludes halogenated alkanes) is 1. The molecule has 6 nitrogen and oxygen atoms in total. The van der Waals surface area contributed by atoms with Crippen LogP contribution < -0.4 is 5.32 Å². The molecule has 1 aromatic rings. The molecule has 1 fully saturated rings. The zero-order chi connectivity index (χ0) is 23.8. The molecule has 2 aliphatic rings. The fourth-order valence-corrected chi connectivity index (χ4v) is 5.16. The highest BCUT2D eigenvalue weighted by molar-refractivity contribution is 5.94. The van der Waals surface area contributed by atoms with Crippen molar-refractivity contribution in [1.82, 2.24) is 15.1 Å². The van der Waals surface area contributed by atoms with Crippen LogP contribution in [0.25, 0.3) is 0 Å². The van der Waals surface area contributed by atoms with Crippen LogP contribution in [-0.4, -0.2) is 39.6 Å². The van der Waals surface area contributed by atoms with E-state index >= 15 is 0 Å². The summed E-state index contributed by atoms with van der Waals surface area (Å²) in [6.07, 6.45) is 11.6. The molecule has 0 unspecified atom stereocenters.